The summed E-state index contributed by atoms with van der Waals surface area (Å²) in [6, 6.07) is 0. The van der Waals surface area contributed by atoms with Crippen LogP contribution in [0.25, 0.3) is 0 Å². The van der Waals surface area contributed by atoms with Gasteiger partial charge in [0.25, 0.3) is 0 Å². The Labute approximate surface area is 124 Å². The lowest BCUT2D eigenvalue weighted by Gasteiger charge is -2.11. The molecule has 0 aromatic carbocycles. The van der Waals surface area contributed by atoms with Crippen LogP contribution in [0.15, 0.2) is 0 Å². The van der Waals surface area contributed by atoms with Crippen LogP contribution in [0.3, 0.4) is 0 Å². The highest BCUT2D eigenvalue weighted by Crippen LogP contribution is 2.35. The molecule has 1 aromatic heterocycles. The van der Waals surface area contributed by atoms with Crippen molar-refractivity contribution in [2.75, 3.05) is 13.2 Å². The van der Waals surface area contributed by atoms with Crippen LogP contribution in [-0.2, 0) is 22.3 Å². The average Bonchev–Trinajstić information content (AvgIpc) is 2.99. The fourth-order valence-electron chi connectivity index (χ4n) is 2.08. The summed E-state index contributed by atoms with van der Waals surface area (Å²) in [6.45, 7) is 2.09. The summed E-state index contributed by atoms with van der Waals surface area (Å²) in [7, 11) is 0. The molecule has 5 nitrogen and oxygen atoms in total. The van der Waals surface area contributed by atoms with E-state index < -0.39 is 22.8 Å². The summed E-state index contributed by atoms with van der Waals surface area (Å²) in [4.78, 5) is 11.7. The molecule has 21 heavy (non-hydrogen) atoms. The van der Waals surface area contributed by atoms with E-state index in [1.165, 1.54) is 6.92 Å². The number of rotatable bonds is 4. The van der Waals surface area contributed by atoms with E-state index >= 15 is 0 Å². The summed E-state index contributed by atoms with van der Waals surface area (Å²) in [5.41, 5.74) is -1.06. The minimum absolute atomic E-state index is 0.0259. The zero-order valence-electron chi connectivity index (χ0n) is 11.3. The van der Waals surface area contributed by atoms with Gasteiger partial charge in [-0.2, -0.15) is 18.3 Å². The smallest absolute Gasteiger partial charge is 0.376 e. The van der Waals surface area contributed by atoms with Gasteiger partial charge in [0.05, 0.1) is 16.8 Å². The Hall–Kier alpha value is -1.28. The first-order chi connectivity index (χ1) is 9.79. The lowest BCUT2D eigenvalue weighted by Crippen LogP contribution is -2.34. The van der Waals surface area contributed by atoms with E-state index in [1.54, 1.807) is 0 Å². The summed E-state index contributed by atoms with van der Waals surface area (Å²) in [5.74, 6) is -0.429. The molecular weight excluding hydrogens is 311 g/mol. The second-order valence-electron chi connectivity index (χ2n) is 4.84. The maximum atomic E-state index is 12.7. The SMILES string of the molecule is Cc1c(Cl)c(C(F)(F)F)nn1CC(=O)NC[C@@H]1CCCO1. The van der Waals surface area contributed by atoms with Crippen molar-refractivity contribution in [3.05, 3.63) is 16.4 Å². The maximum Gasteiger partial charge on any atom is 0.436 e. The molecule has 0 radical (unpaired) electrons. The zero-order chi connectivity index (χ0) is 15.6. The van der Waals surface area contributed by atoms with E-state index in [1.807, 2.05) is 0 Å². The van der Waals surface area contributed by atoms with Crippen molar-refractivity contribution in [2.24, 2.45) is 0 Å². The molecule has 1 aromatic rings. The normalized spacial score (nSPS) is 19.0. The standard InChI is InChI=1S/C12H15ClF3N3O2/c1-7-10(13)11(12(14,15)16)18-19(7)6-9(20)17-5-8-3-2-4-21-8/h8H,2-6H2,1H3,(H,17,20)/t8-/m0/s1. The van der Waals surface area contributed by atoms with Gasteiger partial charge in [0.2, 0.25) is 5.91 Å². The molecule has 1 aliphatic rings. The van der Waals surface area contributed by atoms with Crippen LogP contribution in [0.4, 0.5) is 13.2 Å². The second kappa shape index (κ2) is 6.23. The molecule has 0 spiro atoms. The minimum Gasteiger partial charge on any atom is -0.376 e. The van der Waals surface area contributed by atoms with Gasteiger partial charge >= 0.3 is 6.18 Å². The Bertz CT molecular complexity index is 525. The van der Waals surface area contributed by atoms with E-state index in [2.05, 4.69) is 10.4 Å². The molecule has 0 bridgehead atoms. The molecule has 0 saturated carbocycles. The average molecular weight is 326 g/mol. The molecule has 0 unspecified atom stereocenters. The van der Waals surface area contributed by atoms with Crippen LogP contribution < -0.4 is 5.32 Å². The molecule has 1 N–H and O–H groups in total. The number of carbonyl (C=O) groups excluding carboxylic acids is 1. The van der Waals surface area contributed by atoms with Crippen LogP contribution >= 0.6 is 11.6 Å². The first kappa shape index (κ1) is 16.1. The Kier molecular flexibility index (Phi) is 4.77. The maximum absolute atomic E-state index is 12.7. The summed E-state index contributed by atoms with van der Waals surface area (Å²) >= 11 is 5.61. The van der Waals surface area contributed by atoms with Gasteiger partial charge in [-0.25, -0.2) is 0 Å². The number of hydrogen-bond acceptors (Lipinski definition) is 3. The predicted octanol–water partition coefficient (Wildman–Crippen LogP) is 2.16. The van der Waals surface area contributed by atoms with Crippen LogP contribution in [0.2, 0.25) is 5.02 Å². The molecule has 118 valence electrons. The summed E-state index contributed by atoms with van der Waals surface area (Å²) in [5, 5.41) is 5.51. The Balaban J connectivity index is 1.97. The molecule has 1 saturated heterocycles. The molecule has 1 fully saturated rings. The van der Waals surface area contributed by atoms with Gasteiger partial charge in [-0.05, 0) is 19.8 Å². The highest BCUT2D eigenvalue weighted by Gasteiger charge is 2.38. The van der Waals surface area contributed by atoms with Gasteiger partial charge in [0, 0.05) is 13.2 Å². The first-order valence-electron chi connectivity index (χ1n) is 6.47. The predicted molar refractivity (Wildman–Crippen MR) is 69.0 cm³/mol. The molecule has 2 heterocycles. The zero-order valence-corrected chi connectivity index (χ0v) is 12.1. The molecule has 1 amide bonds. The van der Waals surface area contributed by atoms with Crippen LogP contribution in [0.5, 0.6) is 0 Å². The van der Waals surface area contributed by atoms with Crippen molar-refractivity contribution >= 4 is 17.5 Å². The third kappa shape index (κ3) is 3.88. The van der Waals surface area contributed by atoms with Gasteiger partial charge in [-0.3, -0.25) is 9.48 Å². The Morgan fingerprint density at radius 1 is 1.57 bits per heavy atom. The van der Waals surface area contributed by atoms with Crippen molar-refractivity contribution in [1.29, 1.82) is 0 Å². The van der Waals surface area contributed by atoms with Gasteiger partial charge in [0.1, 0.15) is 6.54 Å². The highest BCUT2D eigenvalue weighted by atomic mass is 35.5. The molecule has 1 aliphatic heterocycles. The summed E-state index contributed by atoms with van der Waals surface area (Å²) in [6.07, 6.45) is -2.85. The number of halogens is 4. The van der Waals surface area contributed by atoms with Crippen LogP contribution in [0.1, 0.15) is 24.2 Å². The van der Waals surface area contributed by atoms with Crippen molar-refractivity contribution in [3.63, 3.8) is 0 Å². The fourth-order valence-corrected chi connectivity index (χ4v) is 2.33. The number of ether oxygens (including phenoxy) is 1. The van der Waals surface area contributed by atoms with E-state index in [-0.39, 0.29) is 18.3 Å². The van der Waals surface area contributed by atoms with E-state index in [0.717, 1.165) is 17.5 Å². The van der Waals surface area contributed by atoms with Gasteiger partial charge in [0.15, 0.2) is 5.69 Å². The van der Waals surface area contributed by atoms with Crippen molar-refractivity contribution < 1.29 is 22.7 Å². The quantitative estimate of drug-likeness (QED) is 0.923. The van der Waals surface area contributed by atoms with E-state index in [9.17, 15) is 18.0 Å². The van der Waals surface area contributed by atoms with Gasteiger partial charge in [-0.15, -0.1) is 0 Å². The number of aromatic nitrogens is 2. The third-order valence-electron chi connectivity index (χ3n) is 3.25. The number of carbonyl (C=O) groups is 1. The second-order valence-corrected chi connectivity index (χ2v) is 5.22. The molecule has 9 heteroatoms. The highest BCUT2D eigenvalue weighted by molar-refractivity contribution is 6.32. The van der Waals surface area contributed by atoms with Crippen molar-refractivity contribution in [1.82, 2.24) is 15.1 Å². The van der Waals surface area contributed by atoms with Gasteiger partial charge < -0.3 is 10.1 Å². The molecule has 2 rings (SSSR count). The van der Waals surface area contributed by atoms with Crippen molar-refractivity contribution in [3.8, 4) is 0 Å². The number of alkyl halides is 3. The minimum atomic E-state index is -4.64. The Morgan fingerprint density at radius 2 is 2.29 bits per heavy atom. The van der Waals surface area contributed by atoms with Crippen LogP contribution in [0, 0.1) is 6.92 Å². The third-order valence-corrected chi connectivity index (χ3v) is 3.70. The largest absolute Gasteiger partial charge is 0.436 e. The molecule has 0 aliphatic carbocycles. The lowest BCUT2D eigenvalue weighted by molar-refractivity contribution is -0.141. The van der Waals surface area contributed by atoms with Crippen molar-refractivity contribution in [2.45, 2.75) is 38.6 Å². The number of hydrogen-bond donors (Lipinski definition) is 1. The monoisotopic (exact) mass is 325 g/mol. The number of nitrogens with zero attached hydrogens (tertiary/aromatic N) is 2. The topological polar surface area (TPSA) is 56.2 Å². The summed E-state index contributed by atoms with van der Waals surface area (Å²) < 4.78 is 44.3. The van der Waals surface area contributed by atoms with Crippen LogP contribution in [-0.4, -0.2) is 34.9 Å². The number of nitrogens with one attached hydrogen (secondary N) is 1. The molecular formula is C12H15ClF3N3O2. The van der Waals surface area contributed by atoms with E-state index in [4.69, 9.17) is 16.3 Å². The molecule has 1 atom stereocenters. The number of amides is 1. The Morgan fingerprint density at radius 3 is 2.81 bits per heavy atom. The van der Waals surface area contributed by atoms with Gasteiger partial charge in [-0.1, -0.05) is 11.6 Å². The van der Waals surface area contributed by atoms with E-state index in [0.29, 0.717) is 13.2 Å². The fraction of sp³-hybridized carbons (Fsp3) is 0.667. The lowest BCUT2D eigenvalue weighted by atomic mass is 10.2. The first-order valence-corrected chi connectivity index (χ1v) is 6.85.